The maximum Gasteiger partial charge on any atom is 0.119 e. The molecular weight excluding hydrogens is 252 g/mol. The second kappa shape index (κ2) is 7.72. The van der Waals surface area contributed by atoms with Crippen molar-refractivity contribution < 1.29 is 9.15 Å². The van der Waals surface area contributed by atoms with Crippen LogP contribution in [0.3, 0.4) is 0 Å². The number of benzene rings is 1. The van der Waals surface area contributed by atoms with Gasteiger partial charge in [-0.05, 0) is 42.8 Å². The minimum Gasteiger partial charge on any atom is -0.497 e. The highest BCUT2D eigenvalue weighted by Gasteiger charge is 2.09. The van der Waals surface area contributed by atoms with Crippen LogP contribution in [-0.2, 0) is 13.1 Å². The molecule has 0 unspecified atom stereocenters. The molecule has 0 saturated heterocycles. The Morgan fingerprint density at radius 3 is 2.80 bits per heavy atom. The van der Waals surface area contributed by atoms with Crippen molar-refractivity contribution in [3.8, 4) is 5.75 Å². The Kier molecular flexibility index (Phi) is 5.65. The van der Waals surface area contributed by atoms with Crippen molar-refractivity contribution in [1.29, 1.82) is 0 Å². The van der Waals surface area contributed by atoms with E-state index in [1.807, 2.05) is 24.3 Å². The summed E-state index contributed by atoms with van der Waals surface area (Å²) in [5.74, 6) is 1.86. The normalized spacial score (nSPS) is 10.9. The molecule has 108 valence electrons. The molecule has 0 fully saturated rings. The summed E-state index contributed by atoms with van der Waals surface area (Å²) in [5.41, 5.74) is 6.85. The monoisotopic (exact) mass is 274 g/mol. The van der Waals surface area contributed by atoms with Gasteiger partial charge in [-0.25, -0.2) is 0 Å². The van der Waals surface area contributed by atoms with Gasteiger partial charge in [-0.1, -0.05) is 12.1 Å². The van der Waals surface area contributed by atoms with Crippen LogP contribution in [0, 0.1) is 0 Å². The maximum absolute atomic E-state index is 5.62. The van der Waals surface area contributed by atoms with Gasteiger partial charge in [-0.3, -0.25) is 4.90 Å². The van der Waals surface area contributed by atoms with Crippen molar-refractivity contribution in [2.75, 3.05) is 20.2 Å². The van der Waals surface area contributed by atoms with E-state index in [4.69, 9.17) is 14.9 Å². The lowest BCUT2D eigenvalue weighted by molar-refractivity contribution is 0.233. The van der Waals surface area contributed by atoms with Gasteiger partial charge < -0.3 is 14.9 Å². The summed E-state index contributed by atoms with van der Waals surface area (Å²) in [6, 6.07) is 12.1. The number of hydrogen-bond donors (Lipinski definition) is 1. The van der Waals surface area contributed by atoms with Crippen LogP contribution in [0.2, 0.25) is 0 Å². The Balaban J connectivity index is 2.02. The minimum absolute atomic E-state index is 0.701. The van der Waals surface area contributed by atoms with Gasteiger partial charge in [0.05, 0.1) is 19.9 Å². The molecule has 20 heavy (non-hydrogen) atoms. The van der Waals surface area contributed by atoms with E-state index in [-0.39, 0.29) is 0 Å². The quantitative estimate of drug-likeness (QED) is 0.804. The molecule has 0 amide bonds. The van der Waals surface area contributed by atoms with E-state index in [1.165, 1.54) is 5.56 Å². The fourth-order valence-electron chi connectivity index (χ4n) is 2.18. The number of rotatable bonds is 8. The third kappa shape index (κ3) is 4.40. The van der Waals surface area contributed by atoms with Crippen LogP contribution in [0.5, 0.6) is 5.75 Å². The fourth-order valence-corrected chi connectivity index (χ4v) is 2.18. The third-order valence-corrected chi connectivity index (χ3v) is 3.18. The molecule has 1 aromatic carbocycles. The van der Waals surface area contributed by atoms with Gasteiger partial charge in [0.15, 0.2) is 0 Å². The summed E-state index contributed by atoms with van der Waals surface area (Å²) in [5, 5.41) is 0. The number of furan rings is 1. The molecule has 0 spiro atoms. The van der Waals surface area contributed by atoms with Gasteiger partial charge in [0.25, 0.3) is 0 Å². The topological polar surface area (TPSA) is 51.6 Å². The van der Waals surface area contributed by atoms with Gasteiger partial charge >= 0.3 is 0 Å². The molecule has 2 aromatic rings. The Bertz CT molecular complexity index is 497. The summed E-state index contributed by atoms with van der Waals surface area (Å²) >= 11 is 0. The van der Waals surface area contributed by atoms with E-state index in [0.717, 1.165) is 37.6 Å². The van der Waals surface area contributed by atoms with Gasteiger partial charge in [-0.15, -0.1) is 0 Å². The van der Waals surface area contributed by atoms with Crippen LogP contribution in [0.1, 0.15) is 17.7 Å². The smallest absolute Gasteiger partial charge is 0.119 e. The van der Waals surface area contributed by atoms with Gasteiger partial charge in [0, 0.05) is 13.1 Å². The van der Waals surface area contributed by atoms with Crippen molar-refractivity contribution >= 4 is 0 Å². The van der Waals surface area contributed by atoms with Crippen LogP contribution in [0.15, 0.2) is 47.1 Å². The molecular formula is C16H22N2O2. The van der Waals surface area contributed by atoms with Gasteiger partial charge in [0.1, 0.15) is 11.5 Å². The Morgan fingerprint density at radius 1 is 1.20 bits per heavy atom. The van der Waals surface area contributed by atoms with E-state index in [1.54, 1.807) is 13.4 Å². The Hall–Kier alpha value is -1.78. The highest BCUT2D eigenvalue weighted by Crippen LogP contribution is 2.16. The lowest BCUT2D eigenvalue weighted by Gasteiger charge is -2.21. The van der Waals surface area contributed by atoms with Crippen molar-refractivity contribution in [3.63, 3.8) is 0 Å². The molecule has 1 heterocycles. The number of hydrogen-bond acceptors (Lipinski definition) is 4. The molecule has 0 saturated carbocycles. The molecule has 2 N–H and O–H groups in total. The molecule has 4 heteroatoms. The van der Waals surface area contributed by atoms with Crippen molar-refractivity contribution in [1.82, 2.24) is 4.90 Å². The number of nitrogens with two attached hydrogens (primary N) is 1. The first-order valence-corrected chi connectivity index (χ1v) is 6.89. The lowest BCUT2D eigenvalue weighted by atomic mass is 10.2. The fraction of sp³-hybridized carbons (Fsp3) is 0.375. The summed E-state index contributed by atoms with van der Waals surface area (Å²) in [6.45, 7) is 3.31. The molecule has 4 nitrogen and oxygen atoms in total. The van der Waals surface area contributed by atoms with E-state index < -0.39 is 0 Å². The van der Waals surface area contributed by atoms with E-state index >= 15 is 0 Å². The first-order valence-electron chi connectivity index (χ1n) is 6.89. The largest absolute Gasteiger partial charge is 0.497 e. The zero-order valence-electron chi connectivity index (χ0n) is 11.9. The first-order chi connectivity index (χ1) is 9.81. The van der Waals surface area contributed by atoms with Gasteiger partial charge in [-0.2, -0.15) is 0 Å². The average molecular weight is 274 g/mol. The lowest BCUT2D eigenvalue weighted by Crippen LogP contribution is -2.25. The minimum atomic E-state index is 0.701. The predicted molar refractivity (Wildman–Crippen MR) is 79.5 cm³/mol. The first kappa shape index (κ1) is 14.6. The molecule has 0 aliphatic heterocycles. The van der Waals surface area contributed by atoms with E-state index in [2.05, 4.69) is 17.0 Å². The van der Waals surface area contributed by atoms with Crippen molar-refractivity contribution in [2.45, 2.75) is 19.5 Å². The molecule has 0 aliphatic carbocycles. The third-order valence-electron chi connectivity index (χ3n) is 3.18. The number of nitrogens with zero attached hydrogens (tertiary/aromatic N) is 1. The molecule has 0 aliphatic rings. The maximum atomic E-state index is 5.62. The Labute approximate surface area is 120 Å². The zero-order chi connectivity index (χ0) is 14.2. The van der Waals surface area contributed by atoms with Crippen LogP contribution < -0.4 is 10.5 Å². The summed E-state index contributed by atoms with van der Waals surface area (Å²) in [6.07, 6.45) is 2.69. The van der Waals surface area contributed by atoms with Gasteiger partial charge in [0.2, 0.25) is 0 Å². The summed E-state index contributed by atoms with van der Waals surface area (Å²) in [7, 11) is 1.69. The molecule has 0 bridgehead atoms. The molecule has 0 atom stereocenters. The van der Waals surface area contributed by atoms with Crippen LogP contribution in [0.25, 0.3) is 0 Å². The number of ether oxygens (including phenoxy) is 1. The zero-order valence-corrected chi connectivity index (χ0v) is 11.9. The van der Waals surface area contributed by atoms with E-state index in [0.29, 0.717) is 6.54 Å². The highest BCUT2D eigenvalue weighted by molar-refractivity contribution is 5.28. The summed E-state index contributed by atoms with van der Waals surface area (Å²) < 4.78 is 10.7. The van der Waals surface area contributed by atoms with E-state index in [9.17, 15) is 0 Å². The van der Waals surface area contributed by atoms with Crippen LogP contribution >= 0.6 is 0 Å². The molecule has 0 radical (unpaired) electrons. The number of methoxy groups -OCH3 is 1. The Morgan fingerprint density at radius 2 is 2.10 bits per heavy atom. The standard InChI is InChI=1S/C16H22N2O2/c1-19-15-6-2-5-14(11-15)12-18(9-4-8-17)13-16-7-3-10-20-16/h2-3,5-7,10-11H,4,8-9,12-13,17H2,1H3. The molecule has 2 rings (SSSR count). The van der Waals surface area contributed by atoms with Crippen LogP contribution in [0.4, 0.5) is 0 Å². The second-order valence-electron chi connectivity index (χ2n) is 4.78. The predicted octanol–water partition coefficient (Wildman–Crippen LogP) is 2.64. The van der Waals surface area contributed by atoms with Crippen LogP contribution in [-0.4, -0.2) is 25.1 Å². The van der Waals surface area contributed by atoms with Crippen molar-refractivity contribution in [3.05, 3.63) is 54.0 Å². The highest BCUT2D eigenvalue weighted by atomic mass is 16.5. The van der Waals surface area contributed by atoms with Crippen molar-refractivity contribution in [2.24, 2.45) is 5.73 Å². The molecule has 1 aromatic heterocycles. The summed E-state index contributed by atoms with van der Waals surface area (Å²) in [4.78, 5) is 2.33. The average Bonchev–Trinajstić information content (AvgIpc) is 2.98. The second-order valence-corrected chi connectivity index (χ2v) is 4.78. The SMILES string of the molecule is COc1cccc(CN(CCCN)Cc2ccco2)c1.